The van der Waals surface area contributed by atoms with Gasteiger partial charge in [0.15, 0.2) is 0 Å². The molecule has 2 heteroatoms. The lowest BCUT2D eigenvalue weighted by Crippen LogP contribution is -2.40. The molecule has 0 aliphatic heterocycles. The molecule has 0 aliphatic carbocycles. The standard InChI is InChI=1S/C18H38O2/c1-11-18(12-15(2,3)4,13-19-16(5,6)7)14-20-17(8,9)10/h11-14H2,1-10H3. The molecule has 0 spiro atoms. The molecular formula is C18H38O2. The maximum absolute atomic E-state index is 6.12. The van der Waals surface area contributed by atoms with Crippen molar-refractivity contribution in [3.05, 3.63) is 0 Å². The van der Waals surface area contributed by atoms with Crippen LogP contribution in [0.2, 0.25) is 0 Å². The summed E-state index contributed by atoms with van der Waals surface area (Å²) in [5.74, 6) is 0. The Balaban J connectivity index is 4.97. The Morgan fingerprint density at radius 2 is 1.00 bits per heavy atom. The first-order valence-electron chi connectivity index (χ1n) is 7.96. The normalized spacial score (nSPS) is 14.7. The van der Waals surface area contributed by atoms with Gasteiger partial charge in [0.1, 0.15) is 0 Å². The average Bonchev–Trinajstić information content (AvgIpc) is 2.18. The molecular weight excluding hydrogens is 248 g/mol. The van der Waals surface area contributed by atoms with Crippen LogP contribution in [-0.2, 0) is 9.47 Å². The van der Waals surface area contributed by atoms with Gasteiger partial charge >= 0.3 is 0 Å². The second-order valence-corrected chi connectivity index (χ2v) is 9.39. The van der Waals surface area contributed by atoms with Gasteiger partial charge in [-0.2, -0.15) is 0 Å². The van der Waals surface area contributed by atoms with Crippen LogP contribution in [0, 0.1) is 10.8 Å². The number of ether oxygens (including phenoxy) is 2. The maximum atomic E-state index is 6.12. The minimum atomic E-state index is -0.0972. The Morgan fingerprint density at radius 3 is 1.20 bits per heavy atom. The van der Waals surface area contributed by atoms with Crippen LogP contribution in [0.25, 0.3) is 0 Å². The van der Waals surface area contributed by atoms with E-state index in [1.807, 2.05) is 0 Å². The first-order chi connectivity index (χ1) is 8.68. The van der Waals surface area contributed by atoms with Crippen molar-refractivity contribution in [2.75, 3.05) is 13.2 Å². The monoisotopic (exact) mass is 286 g/mol. The zero-order valence-electron chi connectivity index (χ0n) is 15.6. The Morgan fingerprint density at radius 1 is 0.650 bits per heavy atom. The van der Waals surface area contributed by atoms with E-state index in [9.17, 15) is 0 Å². The molecule has 0 unspecified atom stereocenters. The van der Waals surface area contributed by atoms with Gasteiger partial charge in [0.25, 0.3) is 0 Å². The minimum Gasteiger partial charge on any atom is -0.375 e. The quantitative estimate of drug-likeness (QED) is 0.646. The summed E-state index contributed by atoms with van der Waals surface area (Å²) in [4.78, 5) is 0. The van der Waals surface area contributed by atoms with E-state index < -0.39 is 0 Å². The zero-order chi connectivity index (χ0) is 16.2. The molecule has 0 saturated carbocycles. The van der Waals surface area contributed by atoms with Crippen LogP contribution >= 0.6 is 0 Å². The van der Waals surface area contributed by atoms with Crippen molar-refractivity contribution in [1.29, 1.82) is 0 Å². The molecule has 0 rings (SSSR count). The van der Waals surface area contributed by atoms with Crippen molar-refractivity contribution >= 4 is 0 Å². The van der Waals surface area contributed by atoms with Crippen molar-refractivity contribution in [2.45, 2.75) is 93.3 Å². The smallest absolute Gasteiger partial charge is 0.0598 e. The van der Waals surface area contributed by atoms with Gasteiger partial charge in [0, 0.05) is 5.41 Å². The van der Waals surface area contributed by atoms with Crippen LogP contribution in [0.4, 0.5) is 0 Å². The highest BCUT2D eigenvalue weighted by molar-refractivity contribution is 4.85. The van der Waals surface area contributed by atoms with Gasteiger partial charge in [-0.05, 0) is 59.8 Å². The highest BCUT2D eigenvalue weighted by Gasteiger charge is 2.36. The van der Waals surface area contributed by atoms with Gasteiger partial charge < -0.3 is 9.47 Å². The van der Waals surface area contributed by atoms with Crippen LogP contribution in [0.15, 0.2) is 0 Å². The molecule has 0 aromatic heterocycles. The highest BCUT2D eigenvalue weighted by atomic mass is 16.5. The van der Waals surface area contributed by atoms with Crippen LogP contribution in [0.3, 0.4) is 0 Å². The fourth-order valence-corrected chi connectivity index (χ4v) is 2.34. The zero-order valence-corrected chi connectivity index (χ0v) is 15.6. The molecule has 0 atom stereocenters. The van der Waals surface area contributed by atoms with E-state index in [1.165, 1.54) is 0 Å². The van der Waals surface area contributed by atoms with E-state index in [4.69, 9.17) is 9.47 Å². The summed E-state index contributed by atoms with van der Waals surface area (Å²) in [6.07, 6.45) is 2.19. The van der Waals surface area contributed by atoms with Crippen molar-refractivity contribution in [2.24, 2.45) is 10.8 Å². The lowest BCUT2D eigenvalue weighted by Gasteiger charge is -2.41. The molecule has 0 saturated heterocycles. The molecule has 0 N–H and O–H groups in total. The van der Waals surface area contributed by atoms with E-state index in [-0.39, 0.29) is 22.0 Å². The first-order valence-corrected chi connectivity index (χ1v) is 7.96. The Bertz CT molecular complexity index is 255. The van der Waals surface area contributed by atoms with E-state index >= 15 is 0 Å². The third kappa shape index (κ3) is 9.77. The fraction of sp³-hybridized carbons (Fsp3) is 1.00. The largest absolute Gasteiger partial charge is 0.375 e. The number of hydrogen-bond acceptors (Lipinski definition) is 2. The van der Waals surface area contributed by atoms with E-state index in [0.717, 1.165) is 26.1 Å². The molecule has 0 heterocycles. The number of rotatable bonds is 6. The molecule has 0 bridgehead atoms. The van der Waals surface area contributed by atoms with E-state index in [0.29, 0.717) is 0 Å². The molecule has 0 radical (unpaired) electrons. The first kappa shape index (κ1) is 19.9. The predicted molar refractivity (Wildman–Crippen MR) is 88.2 cm³/mol. The van der Waals surface area contributed by atoms with Gasteiger partial charge in [-0.1, -0.05) is 27.7 Å². The van der Waals surface area contributed by atoms with Crippen molar-refractivity contribution in [3.63, 3.8) is 0 Å². The predicted octanol–water partition coefficient (Wildman–Crippen LogP) is 5.45. The van der Waals surface area contributed by atoms with Crippen LogP contribution in [0.1, 0.15) is 82.1 Å². The summed E-state index contributed by atoms with van der Waals surface area (Å²) in [6, 6.07) is 0. The molecule has 2 nitrogen and oxygen atoms in total. The van der Waals surface area contributed by atoms with Gasteiger partial charge in [-0.15, -0.1) is 0 Å². The van der Waals surface area contributed by atoms with Gasteiger partial charge in [-0.3, -0.25) is 0 Å². The summed E-state index contributed by atoms with van der Waals surface area (Å²) in [5, 5.41) is 0. The summed E-state index contributed by atoms with van der Waals surface area (Å²) >= 11 is 0. The SMILES string of the molecule is CCC(COC(C)(C)C)(COC(C)(C)C)CC(C)(C)C. The van der Waals surface area contributed by atoms with Gasteiger partial charge in [-0.25, -0.2) is 0 Å². The molecule has 0 fully saturated rings. The third-order valence-corrected chi connectivity index (χ3v) is 3.28. The lowest BCUT2D eigenvalue weighted by molar-refractivity contribution is -0.119. The Hall–Kier alpha value is -0.0800. The summed E-state index contributed by atoms with van der Waals surface area (Å²) < 4.78 is 12.2. The summed E-state index contributed by atoms with van der Waals surface area (Å²) in [5.41, 5.74) is 0.178. The van der Waals surface area contributed by atoms with Crippen LogP contribution in [0.5, 0.6) is 0 Å². The topological polar surface area (TPSA) is 18.5 Å². The summed E-state index contributed by atoms with van der Waals surface area (Å²) in [6.45, 7) is 23.4. The lowest BCUT2D eigenvalue weighted by atomic mass is 9.73. The second-order valence-electron chi connectivity index (χ2n) is 9.39. The average molecular weight is 286 g/mol. The van der Waals surface area contributed by atoms with Gasteiger partial charge in [0.05, 0.1) is 24.4 Å². The Kier molecular flexibility index (Phi) is 6.76. The van der Waals surface area contributed by atoms with Crippen molar-refractivity contribution in [3.8, 4) is 0 Å². The van der Waals surface area contributed by atoms with Crippen molar-refractivity contribution < 1.29 is 9.47 Å². The highest BCUT2D eigenvalue weighted by Crippen LogP contribution is 2.38. The maximum Gasteiger partial charge on any atom is 0.0598 e. The third-order valence-electron chi connectivity index (χ3n) is 3.28. The minimum absolute atomic E-state index is 0.0960. The van der Waals surface area contributed by atoms with E-state index in [1.54, 1.807) is 0 Å². The molecule has 0 aliphatic rings. The van der Waals surface area contributed by atoms with Crippen molar-refractivity contribution in [1.82, 2.24) is 0 Å². The molecule has 0 aromatic rings. The molecule has 20 heavy (non-hydrogen) atoms. The van der Waals surface area contributed by atoms with E-state index in [2.05, 4.69) is 69.2 Å². The molecule has 0 amide bonds. The Labute approximate surface area is 127 Å². The van der Waals surface area contributed by atoms with Gasteiger partial charge in [0.2, 0.25) is 0 Å². The fourth-order valence-electron chi connectivity index (χ4n) is 2.34. The number of hydrogen-bond donors (Lipinski definition) is 0. The molecule has 0 aromatic carbocycles. The summed E-state index contributed by atoms with van der Waals surface area (Å²) in [7, 11) is 0. The van der Waals surface area contributed by atoms with Crippen LogP contribution < -0.4 is 0 Å². The molecule has 122 valence electrons. The van der Waals surface area contributed by atoms with Crippen LogP contribution in [-0.4, -0.2) is 24.4 Å². The second kappa shape index (κ2) is 6.79.